The lowest BCUT2D eigenvalue weighted by Gasteiger charge is -1.98. The Morgan fingerprint density at radius 2 is 2.17 bits per heavy atom. The first-order valence-electron chi connectivity index (χ1n) is 3.11. The van der Waals surface area contributed by atoms with Gasteiger partial charge in [0.1, 0.15) is 5.82 Å². The lowest BCUT2D eigenvalue weighted by atomic mass is 10.5. The maximum absolute atomic E-state index is 10.0. The van der Waals surface area contributed by atoms with Gasteiger partial charge in [0.15, 0.2) is 0 Å². The molecule has 1 amide bonds. The predicted molar refractivity (Wildman–Crippen MR) is 41.9 cm³/mol. The van der Waals surface area contributed by atoms with Gasteiger partial charge in [-0.15, -0.1) is 0 Å². The average molecular weight is 188 g/mol. The molecule has 1 rings (SSSR count). The van der Waals surface area contributed by atoms with Crippen LogP contribution in [0.2, 0.25) is 5.02 Å². The number of nitrogens with zero attached hydrogens (tertiary/aromatic N) is 2. The lowest BCUT2D eigenvalue weighted by Crippen LogP contribution is -2.21. The number of carbonyl (C=O) groups is 1. The van der Waals surface area contributed by atoms with Crippen LogP contribution in [0.3, 0.4) is 0 Å². The third-order valence-corrected chi connectivity index (χ3v) is 1.27. The van der Waals surface area contributed by atoms with Crippen LogP contribution in [-0.2, 0) is 6.54 Å². The van der Waals surface area contributed by atoms with Gasteiger partial charge in [0, 0.05) is 12.4 Å². The highest BCUT2D eigenvalue weighted by Crippen LogP contribution is 2.02. The quantitative estimate of drug-likeness (QED) is 0.721. The van der Waals surface area contributed by atoms with E-state index in [4.69, 9.17) is 16.7 Å². The fourth-order valence-electron chi connectivity index (χ4n) is 0.585. The summed E-state index contributed by atoms with van der Waals surface area (Å²) in [6.07, 6.45) is 1.72. The van der Waals surface area contributed by atoms with Gasteiger partial charge < -0.3 is 10.4 Å². The van der Waals surface area contributed by atoms with Crippen molar-refractivity contribution >= 4 is 17.7 Å². The summed E-state index contributed by atoms with van der Waals surface area (Å²) in [7, 11) is 0. The molecule has 0 radical (unpaired) electrons. The summed E-state index contributed by atoms with van der Waals surface area (Å²) in [5, 5.41) is 10.8. The van der Waals surface area contributed by atoms with Crippen LogP contribution in [0.25, 0.3) is 0 Å². The standard InChI is InChI=1S/C6H6ClN3O2/c7-4-1-8-5(9-2-4)3-10-6(11)12/h1-2,10H,3H2,(H,11,12). The van der Waals surface area contributed by atoms with Crippen LogP contribution in [0.4, 0.5) is 4.79 Å². The minimum atomic E-state index is -1.10. The van der Waals surface area contributed by atoms with Crippen molar-refractivity contribution in [2.45, 2.75) is 6.54 Å². The summed E-state index contributed by atoms with van der Waals surface area (Å²) < 4.78 is 0. The van der Waals surface area contributed by atoms with Gasteiger partial charge in [-0.1, -0.05) is 11.6 Å². The Balaban J connectivity index is 2.53. The van der Waals surface area contributed by atoms with Gasteiger partial charge in [0.2, 0.25) is 0 Å². The third-order valence-electron chi connectivity index (χ3n) is 1.07. The number of amides is 1. The van der Waals surface area contributed by atoms with Gasteiger partial charge in [0.25, 0.3) is 0 Å². The summed E-state index contributed by atoms with van der Waals surface area (Å²) in [4.78, 5) is 17.6. The molecule has 5 nitrogen and oxygen atoms in total. The Bertz CT molecular complexity index is 275. The van der Waals surface area contributed by atoms with Gasteiger partial charge >= 0.3 is 6.09 Å². The van der Waals surface area contributed by atoms with Crippen LogP contribution < -0.4 is 5.32 Å². The molecule has 0 spiro atoms. The van der Waals surface area contributed by atoms with Crippen molar-refractivity contribution in [3.63, 3.8) is 0 Å². The first-order valence-corrected chi connectivity index (χ1v) is 3.49. The molecule has 0 bridgehead atoms. The van der Waals surface area contributed by atoms with Gasteiger partial charge in [-0.2, -0.15) is 0 Å². The monoisotopic (exact) mass is 187 g/mol. The van der Waals surface area contributed by atoms with Crippen molar-refractivity contribution in [1.29, 1.82) is 0 Å². The van der Waals surface area contributed by atoms with Gasteiger partial charge in [-0.3, -0.25) is 0 Å². The summed E-state index contributed by atoms with van der Waals surface area (Å²) >= 11 is 5.51. The van der Waals surface area contributed by atoms with Crippen LogP contribution in [0, 0.1) is 0 Å². The molecule has 0 aliphatic carbocycles. The molecular formula is C6H6ClN3O2. The Labute approximate surface area is 73.4 Å². The molecule has 12 heavy (non-hydrogen) atoms. The van der Waals surface area contributed by atoms with Gasteiger partial charge in [0.05, 0.1) is 11.6 Å². The van der Waals surface area contributed by atoms with Crippen LogP contribution in [0.5, 0.6) is 0 Å². The second-order valence-corrected chi connectivity index (χ2v) is 2.41. The molecule has 6 heteroatoms. The van der Waals surface area contributed by atoms with E-state index in [-0.39, 0.29) is 6.54 Å². The fraction of sp³-hybridized carbons (Fsp3) is 0.167. The number of aromatic nitrogens is 2. The van der Waals surface area contributed by atoms with Crippen molar-refractivity contribution in [3.8, 4) is 0 Å². The first kappa shape index (κ1) is 8.73. The van der Waals surface area contributed by atoms with Crippen LogP contribution in [0.1, 0.15) is 5.82 Å². The molecule has 0 aliphatic rings. The van der Waals surface area contributed by atoms with Gasteiger partial charge in [-0.25, -0.2) is 14.8 Å². The molecule has 1 heterocycles. The van der Waals surface area contributed by atoms with E-state index < -0.39 is 6.09 Å². The number of hydrogen-bond donors (Lipinski definition) is 2. The Kier molecular flexibility index (Phi) is 2.82. The van der Waals surface area contributed by atoms with Crippen molar-refractivity contribution in [1.82, 2.24) is 15.3 Å². The van der Waals surface area contributed by atoms with E-state index in [1.165, 1.54) is 12.4 Å². The molecule has 1 aromatic rings. The molecule has 0 aliphatic heterocycles. The van der Waals surface area contributed by atoms with Crippen molar-refractivity contribution in [2.24, 2.45) is 0 Å². The topological polar surface area (TPSA) is 75.1 Å². The molecule has 0 fully saturated rings. The largest absolute Gasteiger partial charge is 0.465 e. The van der Waals surface area contributed by atoms with Crippen LogP contribution in [-0.4, -0.2) is 21.2 Å². The summed E-state index contributed by atoms with van der Waals surface area (Å²) in [6.45, 7) is 0.0898. The van der Waals surface area contributed by atoms with E-state index in [1.54, 1.807) is 0 Å². The maximum Gasteiger partial charge on any atom is 0.405 e. The molecule has 0 aromatic carbocycles. The SMILES string of the molecule is O=C(O)NCc1ncc(Cl)cn1. The smallest absolute Gasteiger partial charge is 0.405 e. The van der Waals surface area contributed by atoms with E-state index in [9.17, 15) is 4.79 Å². The molecule has 1 aromatic heterocycles. The van der Waals surface area contributed by atoms with Crippen molar-refractivity contribution < 1.29 is 9.90 Å². The number of carboxylic acid groups (broad SMARTS) is 1. The molecule has 0 saturated carbocycles. The lowest BCUT2D eigenvalue weighted by molar-refractivity contribution is 0.193. The van der Waals surface area contributed by atoms with E-state index in [0.29, 0.717) is 10.8 Å². The predicted octanol–water partition coefficient (Wildman–Crippen LogP) is 0.898. The average Bonchev–Trinajstić information content (AvgIpc) is 2.03. The number of hydrogen-bond acceptors (Lipinski definition) is 3. The number of halogens is 1. The third kappa shape index (κ3) is 2.71. The molecule has 0 atom stereocenters. The molecule has 2 N–H and O–H groups in total. The Hall–Kier alpha value is -1.36. The highest BCUT2D eigenvalue weighted by Gasteiger charge is 1.98. The fourth-order valence-corrected chi connectivity index (χ4v) is 0.683. The number of nitrogens with one attached hydrogen (secondary N) is 1. The van der Waals surface area contributed by atoms with Crippen molar-refractivity contribution in [3.05, 3.63) is 23.2 Å². The van der Waals surface area contributed by atoms with E-state index in [0.717, 1.165) is 0 Å². The summed E-state index contributed by atoms with van der Waals surface area (Å²) in [5.41, 5.74) is 0. The highest BCUT2D eigenvalue weighted by molar-refractivity contribution is 6.30. The second-order valence-electron chi connectivity index (χ2n) is 1.98. The molecule has 64 valence electrons. The zero-order valence-electron chi connectivity index (χ0n) is 5.99. The first-order chi connectivity index (χ1) is 5.68. The summed E-state index contributed by atoms with van der Waals surface area (Å²) in [5.74, 6) is 0.391. The zero-order chi connectivity index (χ0) is 8.97. The minimum absolute atomic E-state index is 0.0898. The van der Waals surface area contributed by atoms with Gasteiger partial charge in [-0.05, 0) is 0 Å². The molecule has 0 unspecified atom stereocenters. The van der Waals surface area contributed by atoms with E-state index in [1.807, 2.05) is 0 Å². The molecule has 0 saturated heterocycles. The molecular weight excluding hydrogens is 182 g/mol. The highest BCUT2D eigenvalue weighted by atomic mass is 35.5. The minimum Gasteiger partial charge on any atom is -0.465 e. The zero-order valence-corrected chi connectivity index (χ0v) is 6.75. The van der Waals surface area contributed by atoms with E-state index >= 15 is 0 Å². The Morgan fingerprint density at radius 3 is 2.67 bits per heavy atom. The second kappa shape index (κ2) is 3.87. The normalized spacial score (nSPS) is 9.42. The number of rotatable bonds is 2. The van der Waals surface area contributed by atoms with Crippen molar-refractivity contribution in [2.75, 3.05) is 0 Å². The summed E-state index contributed by atoms with van der Waals surface area (Å²) in [6, 6.07) is 0. The van der Waals surface area contributed by atoms with Crippen LogP contribution >= 0.6 is 11.6 Å². The van der Waals surface area contributed by atoms with E-state index in [2.05, 4.69) is 15.3 Å². The Morgan fingerprint density at radius 1 is 1.58 bits per heavy atom. The maximum atomic E-state index is 10.0. The van der Waals surface area contributed by atoms with Crippen LogP contribution in [0.15, 0.2) is 12.4 Å².